The lowest BCUT2D eigenvalue weighted by Gasteiger charge is -2.16. The van der Waals surface area contributed by atoms with Crippen LogP contribution in [0.25, 0.3) is 0 Å². The molecule has 1 aliphatic rings. The van der Waals surface area contributed by atoms with Crippen molar-refractivity contribution in [3.8, 4) is 5.75 Å². The Bertz CT molecular complexity index is 507. The molecule has 0 amide bonds. The van der Waals surface area contributed by atoms with Gasteiger partial charge in [-0.25, -0.2) is 0 Å². The molecular formula is C15H16O2S. The molecule has 2 unspecified atom stereocenters. The summed E-state index contributed by atoms with van der Waals surface area (Å²) in [5, 5.41) is 14.5. The summed E-state index contributed by atoms with van der Waals surface area (Å²) in [5.41, 5.74) is 2.46. The van der Waals surface area contributed by atoms with Crippen LogP contribution in [0.1, 0.15) is 23.5 Å². The standard InChI is InChI=1S/C15H16O2S/c16-14(6-5-11-7-8-18-10-11)13-9-17-15-4-2-1-3-12(13)15/h1-4,7-8,10,13-14,16H,5-6,9H2. The number of ether oxygens (including phenoxy) is 1. The van der Waals surface area contributed by atoms with E-state index in [9.17, 15) is 5.11 Å². The third-order valence-electron chi connectivity index (χ3n) is 3.51. The maximum atomic E-state index is 10.3. The van der Waals surface area contributed by atoms with E-state index in [4.69, 9.17) is 4.74 Å². The number of benzene rings is 1. The molecule has 0 bridgehead atoms. The molecule has 3 rings (SSSR count). The smallest absolute Gasteiger partial charge is 0.123 e. The minimum absolute atomic E-state index is 0.125. The Morgan fingerprint density at radius 1 is 1.33 bits per heavy atom. The Labute approximate surface area is 111 Å². The fraction of sp³-hybridized carbons (Fsp3) is 0.333. The summed E-state index contributed by atoms with van der Waals surface area (Å²) in [5.74, 6) is 1.05. The molecule has 1 aromatic heterocycles. The van der Waals surface area contributed by atoms with Crippen LogP contribution < -0.4 is 4.74 Å². The largest absolute Gasteiger partial charge is 0.493 e. The Morgan fingerprint density at radius 3 is 3.06 bits per heavy atom. The summed E-state index contributed by atoms with van der Waals surface area (Å²) in [6.07, 6.45) is 1.40. The molecule has 1 aromatic carbocycles. The van der Waals surface area contributed by atoms with Gasteiger partial charge in [0.05, 0.1) is 12.7 Å². The molecule has 2 heterocycles. The molecule has 0 spiro atoms. The van der Waals surface area contributed by atoms with Gasteiger partial charge in [-0.1, -0.05) is 18.2 Å². The first-order valence-corrected chi connectivity index (χ1v) is 7.20. The molecule has 1 N–H and O–H groups in total. The molecule has 18 heavy (non-hydrogen) atoms. The average Bonchev–Trinajstić information content (AvgIpc) is 3.05. The lowest BCUT2D eigenvalue weighted by molar-refractivity contribution is 0.120. The second-order valence-electron chi connectivity index (χ2n) is 4.69. The second-order valence-corrected chi connectivity index (χ2v) is 5.47. The van der Waals surface area contributed by atoms with Gasteiger partial charge in [0.15, 0.2) is 0 Å². The van der Waals surface area contributed by atoms with Crippen molar-refractivity contribution in [1.82, 2.24) is 0 Å². The van der Waals surface area contributed by atoms with Crippen molar-refractivity contribution in [2.75, 3.05) is 6.61 Å². The number of hydrogen-bond acceptors (Lipinski definition) is 3. The van der Waals surface area contributed by atoms with E-state index in [-0.39, 0.29) is 12.0 Å². The number of aliphatic hydroxyl groups is 1. The van der Waals surface area contributed by atoms with Crippen LogP contribution in [-0.2, 0) is 6.42 Å². The van der Waals surface area contributed by atoms with Gasteiger partial charge in [-0.15, -0.1) is 0 Å². The first kappa shape index (κ1) is 11.8. The number of para-hydroxylation sites is 1. The van der Waals surface area contributed by atoms with Crippen LogP contribution in [0.2, 0.25) is 0 Å². The number of rotatable bonds is 4. The lowest BCUT2D eigenvalue weighted by Crippen LogP contribution is -2.20. The van der Waals surface area contributed by atoms with Gasteiger partial charge in [0.25, 0.3) is 0 Å². The van der Waals surface area contributed by atoms with Crippen molar-refractivity contribution in [1.29, 1.82) is 0 Å². The van der Waals surface area contributed by atoms with Gasteiger partial charge >= 0.3 is 0 Å². The molecule has 0 aliphatic carbocycles. The minimum Gasteiger partial charge on any atom is -0.493 e. The fourth-order valence-corrected chi connectivity index (χ4v) is 3.16. The zero-order valence-corrected chi connectivity index (χ0v) is 10.9. The van der Waals surface area contributed by atoms with Crippen LogP contribution in [0, 0.1) is 0 Å². The molecule has 2 atom stereocenters. The van der Waals surface area contributed by atoms with E-state index in [1.165, 1.54) is 5.56 Å². The Hall–Kier alpha value is -1.32. The van der Waals surface area contributed by atoms with E-state index >= 15 is 0 Å². The molecule has 0 saturated heterocycles. The number of aryl methyl sites for hydroxylation is 1. The maximum Gasteiger partial charge on any atom is 0.123 e. The molecule has 2 nitrogen and oxygen atoms in total. The van der Waals surface area contributed by atoms with Crippen LogP contribution in [-0.4, -0.2) is 17.8 Å². The van der Waals surface area contributed by atoms with Crippen molar-refractivity contribution in [3.05, 3.63) is 52.2 Å². The molecule has 0 fully saturated rings. The van der Waals surface area contributed by atoms with Gasteiger partial charge in [0.1, 0.15) is 5.75 Å². The first-order chi connectivity index (χ1) is 8.84. The molecule has 94 valence electrons. The minimum atomic E-state index is -0.325. The molecular weight excluding hydrogens is 244 g/mol. The molecule has 1 aliphatic heterocycles. The highest BCUT2D eigenvalue weighted by Gasteiger charge is 2.29. The average molecular weight is 260 g/mol. The van der Waals surface area contributed by atoms with Crippen LogP contribution in [0.15, 0.2) is 41.1 Å². The quantitative estimate of drug-likeness (QED) is 0.914. The fourth-order valence-electron chi connectivity index (χ4n) is 2.46. The van der Waals surface area contributed by atoms with E-state index in [1.807, 2.05) is 18.2 Å². The second kappa shape index (κ2) is 5.12. The van der Waals surface area contributed by atoms with Crippen LogP contribution in [0.4, 0.5) is 0 Å². The van der Waals surface area contributed by atoms with E-state index in [1.54, 1.807) is 11.3 Å². The van der Waals surface area contributed by atoms with Gasteiger partial charge in [-0.2, -0.15) is 11.3 Å². The van der Waals surface area contributed by atoms with E-state index in [0.717, 1.165) is 24.2 Å². The van der Waals surface area contributed by atoms with E-state index in [2.05, 4.69) is 22.9 Å². The maximum absolute atomic E-state index is 10.3. The topological polar surface area (TPSA) is 29.5 Å². The van der Waals surface area contributed by atoms with Crippen molar-refractivity contribution in [3.63, 3.8) is 0 Å². The van der Waals surface area contributed by atoms with Gasteiger partial charge in [-0.3, -0.25) is 0 Å². The van der Waals surface area contributed by atoms with Gasteiger partial charge in [0, 0.05) is 11.5 Å². The summed E-state index contributed by atoms with van der Waals surface area (Å²) >= 11 is 1.71. The van der Waals surface area contributed by atoms with Crippen molar-refractivity contribution < 1.29 is 9.84 Å². The third kappa shape index (κ3) is 2.28. The Balaban J connectivity index is 1.65. The van der Waals surface area contributed by atoms with Gasteiger partial charge < -0.3 is 9.84 Å². The first-order valence-electron chi connectivity index (χ1n) is 6.25. The highest BCUT2D eigenvalue weighted by atomic mass is 32.1. The van der Waals surface area contributed by atoms with Crippen molar-refractivity contribution in [2.24, 2.45) is 0 Å². The zero-order chi connectivity index (χ0) is 12.4. The van der Waals surface area contributed by atoms with Gasteiger partial charge in [0.2, 0.25) is 0 Å². The SMILES string of the molecule is OC(CCc1ccsc1)C1COc2ccccc21. The number of hydrogen-bond donors (Lipinski definition) is 1. The third-order valence-corrected chi connectivity index (χ3v) is 4.24. The summed E-state index contributed by atoms with van der Waals surface area (Å²) in [6, 6.07) is 10.1. The Morgan fingerprint density at radius 2 is 2.22 bits per heavy atom. The molecule has 0 saturated carbocycles. The zero-order valence-electron chi connectivity index (χ0n) is 10.1. The molecule has 2 aromatic rings. The summed E-state index contributed by atoms with van der Waals surface area (Å²) in [7, 11) is 0. The highest BCUT2D eigenvalue weighted by Crippen LogP contribution is 2.36. The highest BCUT2D eigenvalue weighted by molar-refractivity contribution is 7.07. The monoisotopic (exact) mass is 260 g/mol. The Kier molecular flexibility index (Phi) is 3.35. The van der Waals surface area contributed by atoms with E-state index < -0.39 is 0 Å². The molecule has 0 radical (unpaired) electrons. The number of thiophene rings is 1. The van der Waals surface area contributed by atoms with Crippen LogP contribution in [0.3, 0.4) is 0 Å². The summed E-state index contributed by atoms with van der Waals surface area (Å²) in [4.78, 5) is 0. The molecule has 3 heteroatoms. The summed E-state index contributed by atoms with van der Waals surface area (Å²) in [6.45, 7) is 0.601. The number of fused-ring (bicyclic) bond motifs is 1. The van der Waals surface area contributed by atoms with Crippen LogP contribution >= 0.6 is 11.3 Å². The predicted molar refractivity (Wildman–Crippen MR) is 73.3 cm³/mol. The van der Waals surface area contributed by atoms with Crippen molar-refractivity contribution >= 4 is 11.3 Å². The van der Waals surface area contributed by atoms with Gasteiger partial charge in [-0.05, 0) is 41.3 Å². The lowest BCUT2D eigenvalue weighted by atomic mass is 9.92. The van der Waals surface area contributed by atoms with E-state index in [0.29, 0.717) is 6.61 Å². The number of aliphatic hydroxyl groups excluding tert-OH is 1. The normalized spacial score (nSPS) is 19.3. The van der Waals surface area contributed by atoms with Crippen LogP contribution in [0.5, 0.6) is 5.75 Å². The summed E-state index contributed by atoms with van der Waals surface area (Å²) < 4.78 is 5.61. The predicted octanol–water partition coefficient (Wildman–Crippen LogP) is 3.22. The van der Waals surface area contributed by atoms with Crippen molar-refractivity contribution in [2.45, 2.75) is 24.9 Å².